The first-order chi connectivity index (χ1) is 10.6. The van der Waals surface area contributed by atoms with Crippen LogP contribution in [0.25, 0.3) is 0 Å². The van der Waals surface area contributed by atoms with Crippen LogP contribution in [-0.4, -0.2) is 48.2 Å². The smallest absolute Gasteiger partial charge is 0.335 e. The van der Waals surface area contributed by atoms with Crippen LogP contribution in [0.2, 0.25) is 0 Å². The highest BCUT2D eigenvalue weighted by Crippen LogP contribution is 2.43. The van der Waals surface area contributed by atoms with Crippen molar-refractivity contribution in [2.75, 3.05) is 20.2 Å². The number of rotatable bonds is 4. The first-order valence-corrected chi connectivity index (χ1v) is 7.80. The fourth-order valence-corrected chi connectivity index (χ4v) is 3.21. The predicted molar refractivity (Wildman–Crippen MR) is 81.3 cm³/mol. The lowest BCUT2D eigenvalue weighted by atomic mass is 9.95. The number of carbonyl (C=O) groups is 2. The van der Waals surface area contributed by atoms with Gasteiger partial charge in [0, 0.05) is 25.8 Å². The average molecular weight is 303 g/mol. The molecule has 0 spiro atoms. The highest BCUT2D eigenvalue weighted by molar-refractivity contribution is 6.00. The highest BCUT2D eigenvalue weighted by atomic mass is 16.5. The van der Waals surface area contributed by atoms with Crippen LogP contribution in [0.5, 0.6) is 0 Å². The SMILES string of the molecule is COC1CCN(C(=O)c2cccc(C(=O)O)c2C2CC2)CC1. The summed E-state index contributed by atoms with van der Waals surface area (Å²) in [6.07, 6.45) is 3.82. The van der Waals surface area contributed by atoms with Gasteiger partial charge in [-0.3, -0.25) is 4.79 Å². The van der Waals surface area contributed by atoms with Gasteiger partial charge >= 0.3 is 5.97 Å². The largest absolute Gasteiger partial charge is 0.478 e. The van der Waals surface area contributed by atoms with E-state index in [4.69, 9.17) is 4.74 Å². The van der Waals surface area contributed by atoms with Crippen LogP contribution in [0, 0.1) is 0 Å². The zero-order valence-corrected chi connectivity index (χ0v) is 12.7. The Balaban J connectivity index is 1.86. The van der Waals surface area contributed by atoms with Crippen molar-refractivity contribution in [3.63, 3.8) is 0 Å². The summed E-state index contributed by atoms with van der Waals surface area (Å²) < 4.78 is 5.33. The number of piperidine rings is 1. The molecule has 2 aliphatic rings. The molecule has 0 unspecified atom stereocenters. The molecule has 1 saturated carbocycles. The molecule has 22 heavy (non-hydrogen) atoms. The molecule has 2 fully saturated rings. The zero-order chi connectivity index (χ0) is 15.7. The molecule has 1 aromatic rings. The molecule has 0 radical (unpaired) electrons. The molecular weight excluding hydrogens is 282 g/mol. The first-order valence-electron chi connectivity index (χ1n) is 7.80. The summed E-state index contributed by atoms with van der Waals surface area (Å²) in [5.74, 6) is -0.767. The number of ether oxygens (including phenoxy) is 1. The van der Waals surface area contributed by atoms with Gasteiger partial charge in [-0.15, -0.1) is 0 Å². The molecule has 0 atom stereocenters. The topological polar surface area (TPSA) is 66.8 Å². The van der Waals surface area contributed by atoms with Gasteiger partial charge in [0.15, 0.2) is 0 Å². The number of amides is 1. The summed E-state index contributed by atoms with van der Waals surface area (Å²) in [4.78, 5) is 26.1. The summed E-state index contributed by atoms with van der Waals surface area (Å²) in [5, 5.41) is 9.38. The number of carboxylic acids is 1. The third-order valence-electron chi connectivity index (χ3n) is 4.62. The number of carbonyl (C=O) groups excluding carboxylic acids is 1. The van der Waals surface area contributed by atoms with Gasteiger partial charge in [0.05, 0.1) is 11.7 Å². The normalized spacial score (nSPS) is 19.2. The van der Waals surface area contributed by atoms with Gasteiger partial charge in [0.1, 0.15) is 0 Å². The summed E-state index contributed by atoms with van der Waals surface area (Å²) in [6.45, 7) is 1.33. The number of hydrogen-bond acceptors (Lipinski definition) is 3. The number of likely N-dealkylation sites (tertiary alicyclic amines) is 1. The number of methoxy groups -OCH3 is 1. The summed E-state index contributed by atoms with van der Waals surface area (Å²) in [6, 6.07) is 5.04. The van der Waals surface area contributed by atoms with Crippen LogP contribution >= 0.6 is 0 Å². The van der Waals surface area contributed by atoms with E-state index >= 15 is 0 Å². The van der Waals surface area contributed by atoms with Gasteiger partial charge in [-0.1, -0.05) is 6.07 Å². The molecule has 3 rings (SSSR count). The maximum Gasteiger partial charge on any atom is 0.335 e. The van der Waals surface area contributed by atoms with Gasteiger partial charge in [0.2, 0.25) is 0 Å². The Kier molecular flexibility index (Phi) is 4.16. The van der Waals surface area contributed by atoms with Gasteiger partial charge < -0.3 is 14.7 Å². The summed E-state index contributed by atoms with van der Waals surface area (Å²) in [7, 11) is 1.70. The van der Waals surface area contributed by atoms with E-state index in [9.17, 15) is 14.7 Å². The van der Waals surface area contributed by atoms with Gasteiger partial charge in [0.25, 0.3) is 5.91 Å². The monoisotopic (exact) mass is 303 g/mol. The number of carboxylic acid groups (broad SMARTS) is 1. The van der Waals surface area contributed by atoms with E-state index in [1.54, 1.807) is 25.3 Å². The van der Waals surface area contributed by atoms with E-state index in [1.165, 1.54) is 0 Å². The molecule has 5 heteroatoms. The van der Waals surface area contributed by atoms with Crippen LogP contribution in [0.15, 0.2) is 18.2 Å². The fraction of sp³-hybridized carbons (Fsp3) is 0.529. The molecule has 1 amide bonds. The molecule has 118 valence electrons. The Morgan fingerprint density at radius 3 is 2.32 bits per heavy atom. The maximum absolute atomic E-state index is 12.8. The van der Waals surface area contributed by atoms with Gasteiger partial charge in [-0.25, -0.2) is 4.79 Å². The molecule has 0 bridgehead atoms. The molecule has 1 N–H and O–H groups in total. The Morgan fingerprint density at radius 1 is 1.14 bits per heavy atom. The molecule has 1 aliphatic heterocycles. The second-order valence-electron chi connectivity index (χ2n) is 6.07. The maximum atomic E-state index is 12.8. The van der Waals surface area contributed by atoms with Crippen molar-refractivity contribution in [3.8, 4) is 0 Å². The first kappa shape index (κ1) is 15.0. The Hall–Kier alpha value is -1.88. The van der Waals surface area contributed by atoms with Gasteiger partial charge in [-0.05, 0) is 49.3 Å². The third-order valence-corrected chi connectivity index (χ3v) is 4.62. The van der Waals surface area contributed by atoms with E-state index in [0.717, 1.165) is 31.2 Å². The van der Waals surface area contributed by atoms with Crippen molar-refractivity contribution in [1.82, 2.24) is 4.90 Å². The third kappa shape index (κ3) is 2.86. The van der Waals surface area contributed by atoms with Crippen LogP contribution in [0.1, 0.15) is 57.9 Å². The van der Waals surface area contributed by atoms with E-state index < -0.39 is 5.97 Å². The fourth-order valence-electron chi connectivity index (χ4n) is 3.21. The van der Waals surface area contributed by atoms with Crippen LogP contribution in [0.4, 0.5) is 0 Å². The van der Waals surface area contributed by atoms with Gasteiger partial charge in [-0.2, -0.15) is 0 Å². The van der Waals surface area contributed by atoms with Crippen LogP contribution < -0.4 is 0 Å². The Bertz CT molecular complexity index is 586. The zero-order valence-electron chi connectivity index (χ0n) is 12.7. The highest BCUT2D eigenvalue weighted by Gasteiger charge is 2.34. The van der Waals surface area contributed by atoms with E-state index in [0.29, 0.717) is 18.7 Å². The molecule has 1 heterocycles. The van der Waals surface area contributed by atoms with Crippen LogP contribution in [-0.2, 0) is 4.74 Å². The van der Waals surface area contributed by atoms with Crippen molar-refractivity contribution < 1.29 is 19.4 Å². The van der Waals surface area contributed by atoms with Crippen molar-refractivity contribution in [1.29, 1.82) is 0 Å². The summed E-state index contributed by atoms with van der Waals surface area (Å²) in [5.41, 5.74) is 1.58. The standard InChI is InChI=1S/C17H21NO4/c1-22-12-7-9-18(10-8-12)16(19)13-3-2-4-14(17(20)21)15(13)11-5-6-11/h2-4,11-12H,5-10H2,1H3,(H,20,21). The van der Waals surface area contributed by atoms with Crippen molar-refractivity contribution in [3.05, 3.63) is 34.9 Å². The minimum atomic E-state index is -0.949. The molecule has 0 aromatic heterocycles. The minimum Gasteiger partial charge on any atom is -0.478 e. The lowest BCUT2D eigenvalue weighted by Gasteiger charge is -2.32. The quantitative estimate of drug-likeness (QED) is 0.928. The minimum absolute atomic E-state index is 0.0421. The Morgan fingerprint density at radius 2 is 1.77 bits per heavy atom. The van der Waals surface area contributed by atoms with Crippen molar-refractivity contribution >= 4 is 11.9 Å². The van der Waals surface area contributed by atoms with Crippen LogP contribution in [0.3, 0.4) is 0 Å². The predicted octanol–water partition coefficient (Wildman–Crippen LogP) is 2.51. The summed E-state index contributed by atoms with van der Waals surface area (Å²) >= 11 is 0. The molecular formula is C17H21NO4. The number of aromatic carboxylic acids is 1. The van der Waals surface area contributed by atoms with E-state index in [2.05, 4.69) is 0 Å². The average Bonchev–Trinajstić information content (AvgIpc) is 3.38. The molecule has 5 nitrogen and oxygen atoms in total. The number of benzene rings is 1. The lowest BCUT2D eigenvalue weighted by molar-refractivity contribution is 0.0350. The second-order valence-corrected chi connectivity index (χ2v) is 6.07. The molecule has 1 saturated heterocycles. The second kappa shape index (κ2) is 6.08. The molecule has 1 aromatic carbocycles. The Labute approximate surface area is 129 Å². The lowest BCUT2D eigenvalue weighted by Crippen LogP contribution is -2.41. The number of hydrogen-bond donors (Lipinski definition) is 1. The van der Waals surface area contributed by atoms with E-state index in [1.807, 2.05) is 4.90 Å². The number of nitrogens with zero attached hydrogens (tertiary/aromatic N) is 1. The van der Waals surface area contributed by atoms with Crippen molar-refractivity contribution in [2.45, 2.75) is 37.7 Å². The molecule has 1 aliphatic carbocycles. The van der Waals surface area contributed by atoms with E-state index in [-0.39, 0.29) is 23.5 Å². The van der Waals surface area contributed by atoms with Crippen molar-refractivity contribution in [2.24, 2.45) is 0 Å².